The third kappa shape index (κ3) is 1.21. The fourth-order valence-electron chi connectivity index (χ4n) is 1.29. The van der Waals surface area contributed by atoms with Crippen LogP contribution in [0.5, 0.6) is 0 Å². The molecule has 0 aromatic heterocycles. The van der Waals surface area contributed by atoms with Crippen molar-refractivity contribution in [3.05, 3.63) is 0 Å². The molecule has 0 radical (unpaired) electrons. The minimum absolute atomic E-state index is 0.224. The number of imide groups is 1. The SMILES string of the molecule is CCN1C(=O)NC(=O)C1(C#N)NOC. The highest BCUT2D eigenvalue weighted by atomic mass is 16.6. The number of carbonyl (C=O) groups is 2. The fourth-order valence-corrected chi connectivity index (χ4v) is 1.29. The van der Waals surface area contributed by atoms with Crippen LogP contribution in [0.25, 0.3) is 0 Å². The van der Waals surface area contributed by atoms with Crippen LogP contribution in [-0.2, 0) is 9.63 Å². The second kappa shape index (κ2) is 3.61. The van der Waals surface area contributed by atoms with E-state index in [1.54, 1.807) is 13.0 Å². The van der Waals surface area contributed by atoms with E-state index >= 15 is 0 Å². The zero-order chi connectivity index (χ0) is 10.8. The van der Waals surface area contributed by atoms with Gasteiger partial charge in [-0.3, -0.25) is 15.0 Å². The van der Waals surface area contributed by atoms with Crippen molar-refractivity contribution in [2.24, 2.45) is 0 Å². The molecule has 0 aromatic rings. The molecule has 1 unspecified atom stereocenters. The summed E-state index contributed by atoms with van der Waals surface area (Å²) in [7, 11) is 1.27. The minimum Gasteiger partial charge on any atom is -0.301 e. The van der Waals surface area contributed by atoms with Gasteiger partial charge in [-0.15, -0.1) is 0 Å². The number of nitriles is 1. The molecule has 1 aliphatic rings. The lowest BCUT2D eigenvalue weighted by Gasteiger charge is -2.27. The van der Waals surface area contributed by atoms with Crippen LogP contribution in [0.4, 0.5) is 4.79 Å². The number of hydrogen-bond acceptors (Lipinski definition) is 5. The second-order valence-electron chi connectivity index (χ2n) is 2.63. The van der Waals surface area contributed by atoms with Gasteiger partial charge in [0, 0.05) is 6.54 Å². The summed E-state index contributed by atoms with van der Waals surface area (Å²) < 4.78 is 0. The average molecular weight is 198 g/mol. The molecule has 1 saturated heterocycles. The van der Waals surface area contributed by atoms with Crippen molar-refractivity contribution in [2.75, 3.05) is 13.7 Å². The van der Waals surface area contributed by atoms with Gasteiger partial charge in [-0.1, -0.05) is 0 Å². The monoisotopic (exact) mass is 198 g/mol. The van der Waals surface area contributed by atoms with Crippen molar-refractivity contribution in [3.8, 4) is 6.07 Å². The quantitative estimate of drug-likeness (QED) is 0.444. The minimum atomic E-state index is -1.75. The Morgan fingerprint density at radius 1 is 1.71 bits per heavy atom. The number of amides is 3. The zero-order valence-corrected chi connectivity index (χ0v) is 7.83. The number of hydroxylamine groups is 1. The lowest BCUT2D eigenvalue weighted by atomic mass is 10.2. The number of urea groups is 1. The lowest BCUT2D eigenvalue weighted by molar-refractivity contribution is -0.132. The number of carbonyl (C=O) groups excluding carboxylic acids is 2. The number of nitrogens with one attached hydrogen (secondary N) is 2. The van der Waals surface area contributed by atoms with Crippen LogP contribution in [0.1, 0.15) is 6.92 Å². The fraction of sp³-hybridized carbons (Fsp3) is 0.571. The van der Waals surface area contributed by atoms with Crippen molar-refractivity contribution in [1.29, 1.82) is 5.26 Å². The molecule has 2 N–H and O–H groups in total. The van der Waals surface area contributed by atoms with Crippen molar-refractivity contribution in [2.45, 2.75) is 12.6 Å². The molecule has 0 spiro atoms. The Balaban J connectivity index is 3.08. The summed E-state index contributed by atoms with van der Waals surface area (Å²) in [6.45, 7) is 1.88. The predicted octanol–water partition coefficient (Wildman–Crippen LogP) is -1.07. The van der Waals surface area contributed by atoms with Gasteiger partial charge in [0.25, 0.3) is 11.6 Å². The van der Waals surface area contributed by atoms with Crippen molar-refractivity contribution in [1.82, 2.24) is 15.7 Å². The van der Waals surface area contributed by atoms with Crippen LogP contribution in [0.15, 0.2) is 0 Å². The lowest BCUT2D eigenvalue weighted by Crippen LogP contribution is -2.58. The molecule has 0 saturated carbocycles. The van der Waals surface area contributed by atoms with Crippen LogP contribution in [0.2, 0.25) is 0 Å². The standard InChI is InChI=1S/C7H10N4O3/c1-3-11-6(13)9-5(12)7(11,4-8)10-14-2/h10H,3H2,1-2H3,(H,9,12,13). The Bertz CT molecular complexity index is 311. The molecule has 1 atom stereocenters. The smallest absolute Gasteiger partial charge is 0.301 e. The maximum absolute atomic E-state index is 11.4. The predicted molar refractivity (Wildman–Crippen MR) is 44.4 cm³/mol. The van der Waals surface area contributed by atoms with Gasteiger partial charge in [0.1, 0.15) is 6.07 Å². The highest BCUT2D eigenvalue weighted by molar-refractivity contribution is 6.08. The Labute approximate surface area is 80.6 Å². The van der Waals surface area contributed by atoms with E-state index in [4.69, 9.17) is 5.26 Å². The summed E-state index contributed by atoms with van der Waals surface area (Å²) in [6.07, 6.45) is 0. The van der Waals surface area contributed by atoms with E-state index in [1.165, 1.54) is 7.11 Å². The van der Waals surface area contributed by atoms with E-state index < -0.39 is 17.6 Å². The number of likely N-dealkylation sites (N-methyl/N-ethyl adjacent to an activating group) is 1. The first-order chi connectivity index (χ1) is 6.62. The van der Waals surface area contributed by atoms with Gasteiger partial charge in [0.05, 0.1) is 7.11 Å². The summed E-state index contributed by atoms with van der Waals surface area (Å²) in [6, 6.07) is 1.11. The number of hydrogen-bond donors (Lipinski definition) is 2. The molecule has 1 rings (SSSR count). The molecule has 0 bridgehead atoms. The molecule has 7 nitrogen and oxygen atoms in total. The zero-order valence-electron chi connectivity index (χ0n) is 7.83. The van der Waals surface area contributed by atoms with E-state index in [1.807, 2.05) is 5.32 Å². The average Bonchev–Trinajstić information content (AvgIpc) is 2.39. The normalized spacial score (nSPS) is 26.2. The Morgan fingerprint density at radius 2 is 2.36 bits per heavy atom. The van der Waals surface area contributed by atoms with Crippen molar-refractivity contribution >= 4 is 11.9 Å². The van der Waals surface area contributed by atoms with Gasteiger partial charge in [0.2, 0.25) is 0 Å². The first kappa shape index (κ1) is 10.4. The summed E-state index contributed by atoms with van der Waals surface area (Å²) >= 11 is 0. The van der Waals surface area contributed by atoms with Gasteiger partial charge in [-0.05, 0) is 6.92 Å². The number of nitrogens with zero attached hydrogens (tertiary/aromatic N) is 2. The van der Waals surface area contributed by atoms with Crippen LogP contribution in [-0.4, -0.2) is 36.2 Å². The molecule has 1 aliphatic heterocycles. The molecule has 1 heterocycles. The summed E-state index contributed by atoms with van der Waals surface area (Å²) in [5, 5.41) is 10.9. The summed E-state index contributed by atoms with van der Waals surface area (Å²) in [5.74, 6) is -0.728. The van der Waals surface area contributed by atoms with E-state index in [9.17, 15) is 9.59 Å². The highest BCUT2D eigenvalue weighted by Gasteiger charge is 2.53. The van der Waals surface area contributed by atoms with Crippen molar-refractivity contribution < 1.29 is 14.4 Å². The summed E-state index contributed by atoms with van der Waals surface area (Å²) in [4.78, 5) is 28.2. The molecule has 0 aromatic carbocycles. The van der Waals surface area contributed by atoms with E-state index in [2.05, 4.69) is 10.3 Å². The maximum Gasteiger partial charge on any atom is 0.326 e. The van der Waals surface area contributed by atoms with Gasteiger partial charge >= 0.3 is 6.03 Å². The van der Waals surface area contributed by atoms with E-state index in [0.717, 1.165) is 4.90 Å². The van der Waals surface area contributed by atoms with Gasteiger partial charge in [-0.2, -0.15) is 10.7 Å². The molecular formula is C7H10N4O3. The van der Waals surface area contributed by atoms with Gasteiger partial charge in [0.15, 0.2) is 0 Å². The topological polar surface area (TPSA) is 94.5 Å². The van der Waals surface area contributed by atoms with Crippen LogP contribution < -0.4 is 10.8 Å². The van der Waals surface area contributed by atoms with Crippen LogP contribution >= 0.6 is 0 Å². The molecule has 76 valence electrons. The van der Waals surface area contributed by atoms with E-state index in [0.29, 0.717) is 0 Å². The Kier molecular flexibility index (Phi) is 2.69. The third-order valence-electron chi connectivity index (χ3n) is 1.93. The Hall–Kier alpha value is -1.65. The van der Waals surface area contributed by atoms with E-state index in [-0.39, 0.29) is 6.54 Å². The summed E-state index contributed by atoms with van der Waals surface area (Å²) in [5.41, 5.74) is 0.471. The van der Waals surface area contributed by atoms with Gasteiger partial charge < -0.3 is 4.84 Å². The third-order valence-corrected chi connectivity index (χ3v) is 1.93. The number of rotatable bonds is 3. The van der Waals surface area contributed by atoms with Gasteiger partial charge in [-0.25, -0.2) is 4.79 Å². The molecule has 7 heteroatoms. The molecular weight excluding hydrogens is 188 g/mol. The van der Waals surface area contributed by atoms with Crippen LogP contribution in [0.3, 0.4) is 0 Å². The largest absolute Gasteiger partial charge is 0.326 e. The van der Waals surface area contributed by atoms with Crippen molar-refractivity contribution in [3.63, 3.8) is 0 Å². The first-order valence-electron chi connectivity index (χ1n) is 3.96. The molecule has 3 amide bonds. The second-order valence-corrected chi connectivity index (χ2v) is 2.63. The first-order valence-corrected chi connectivity index (χ1v) is 3.96. The Morgan fingerprint density at radius 3 is 2.79 bits per heavy atom. The molecule has 1 fully saturated rings. The molecule has 0 aliphatic carbocycles. The van der Waals surface area contributed by atoms with Crippen LogP contribution in [0, 0.1) is 11.3 Å². The molecule has 14 heavy (non-hydrogen) atoms. The highest BCUT2D eigenvalue weighted by Crippen LogP contribution is 2.17. The maximum atomic E-state index is 11.4.